The highest BCUT2D eigenvalue weighted by Gasteiger charge is 2.43. The van der Waals surface area contributed by atoms with Gasteiger partial charge in [0.1, 0.15) is 17.5 Å². The predicted molar refractivity (Wildman–Crippen MR) is 118 cm³/mol. The Kier molecular flexibility index (Phi) is 3.92. The highest BCUT2D eigenvalue weighted by atomic mass is 19.1. The number of nitrogens with zero attached hydrogens (tertiary/aromatic N) is 2. The molecule has 2 heterocycles. The minimum atomic E-state index is -0.614. The van der Waals surface area contributed by atoms with Crippen LogP contribution >= 0.6 is 0 Å². The lowest BCUT2D eigenvalue weighted by Gasteiger charge is -2.27. The first-order valence-corrected chi connectivity index (χ1v) is 10.3. The van der Waals surface area contributed by atoms with Crippen LogP contribution in [0.5, 0.6) is 0 Å². The molecule has 0 fully saturated rings. The van der Waals surface area contributed by atoms with Gasteiger partial charge in [-0.25, -0.2) is 13.5 Å². The number of rotatable bonds is 2. The van der Waals surface area contributed by atoms with Crippen molar-refractivity contribution in [3.05, 3.63) is 118 Å². The summed E-state index contributed by atoms with van der Waals surface area (Å²) in [7, 11) is 0. The lowest BCUT2D eigenvalue weighted by Crippen LogP contribution is -2.20. The Morgan fingerprint density at radius 1 is 0.906 bits per heavy atom. The number of ketones is 1. The molecule has 156 valence electrons. The van der Waals surface area contributed by atoms with E-state index in [-0.39, 0.29) is 17.4 Å². The monoisotopic (exact) mass is 425 g/mol. The van der Waals surface area contributed by atoms with Gasteiger partial charge in [-0.1, -0.05) is 42.5 Å². The van der Waals surface area contributed by atoms with E-state index in [1.165, 1.54) is 18.2 Å². The first kappa shape index (κ1) is 18.7. The minimum absolute atomic E-state index is 0.115. The van der Waals surface area contributed by atoms with E-state index >= 15 is 4.39 Å². The molecule has 1 aliphatic heterocycles. The van der Waals surface area contributed by atoms with Crippen LogP contribution in [0.15, 0.2) is 78.4 Å². The Labute approximate surface area is 182 Å². The van der Waals surface area contributed by atoms with Crippen LogP contribution in [-0.2, 0) is 0 Å². The minimum Gasteiger partial charge on any atom is -0.339 e. The summed E-state index contributed by atoms with van der Waals surface area (Å²) in [5.41, 5.74) is 5.04. The zero-order valence-electron chi connectivity index (χ0n) is 17.1. The molecule has 2 aliphatic rings. The summed E-state index contributed by atoms with van der Waals surface area (Å²) in [6.45, 7) is 1.84. The van der Waals surface area contributed by atoms with Gasteiger partial charge >= 0.3 is 0 Å². The number of aromatic nitrogens is 2. The van der Waals surface area contributed by atoms with Crippen molar-refractivity contribution in [2.75, 3.05) is 5.32 Å². The average Bonchev–Trinajstić information content (AvgIpc) is 3.29. The number of carbonyl (C=O) groups is 1. The van der Waals surface area contributed by atoms with Crippen LogP contribution < -0.4 is 5.32 Å². The SMILES string of the molecule is Cc1nn(-c2ccc(F)cc2)c2c1[C@@H](c1ccccc1F)C1=C(N2)c2ccccc2C1=O. The molecule has 0 bridgehead atoms. The van der Waals surface area contributed by atoms with E-state index in [2.05, 4.69) is 10.4 Å². The Bertz CT molecular complexity index is 1450. The molecule has 1 aromatic heterocycles. The summed E-state index contributed by atoms with van der Waals surface area (Å²) in [6.07, 6.45) is 0. The van der Waals surface area contributed by atoms with Crippen molar-refractivity contribution >= 4 is 17.3 Å². The molecule has 6 rings (SSSR count). The van der Waals surface area contributed by atoms with E-state index in [0.29, 0.717) is 39.6 Å². The Morgan fingerprint density at radius 3 is 2.34 bits per heavy atom. The van der Waals surface area contributed by atoms with Crippen molar-refractivity contribution in [2.24, 2.45) is 0 Å². The van der Waals surface area contributed by atoms with E-state index in [1.807, 2.05) is 25.1 Å². The number of hydrogen-bond acceptors (Lipinski definition) is 3. The summed E-state index contributed by atoms with van der Waals surface area (Å²) < 4.78 is 30.3. The fourth-order valence-corrected chi connectivity index (χ4v) is 4.77. The quantitative estimate of drug-likeness (QED) is 0.453. The van der Waals surface area contributed by atoms with Crippen molar-refractivity contribution < 1.29 is 13.6 Å². The molecule has 0 saturated heterocycles. The van der Waals surface area contributed by atoms with E-state index in [4.69, 9.17) is 0 Å². The van der Waals surface area contributed by atoms with Crippen LogP contribution in [0.1, 0.15) is 38.7 Å². The second-order valence-electron chi connectivity index (χ2n) is 7.98. The van der Waals surface area contributed by atoms with Gasteiger partial charge in [0.25, 0.3) is 0 Å². The first-order chi connectivity index (χ1) is 15.5. The third-order valence-electron chi connectivity index (χ3n) is 6.17. The highest BCUT2D eigenvalue weighted by molar-refractivity contribution is 6.24. The van der Waals surface area contributed by atoms with Gasteiger partial charge in [-0.15, -0.1) is 0 Å². The second-order valence-corrected chi connectivity index (χ2v) is 7.98. The predicted octanol–water partition coefficient (Wildman–Crippen LogP) is 5.62. The number of anilines is 1. The van der Waals surface area contributed by atoms with Crippen LogP contribution in [0.2, 0.25) is 0 Å². The summed E-state index contributed by atoms with van der Waals surface area (Å²) in [4.78, 5) is 13.5. The summed E-state index contributed by atoms with van der Waals surface area (Å²) >= 11 is 0. The molecule has 4 nitrogen and oxygen atoms in total. The molecule has 0 saturated carbocycles. The Balaban J connectivity index is 1.65. The molecule has 1 aliphatic carbocycles. The Morgan fingerprint density at radius 2 is 1.59 bits per heavy atom. The van der Waals surface area contributed by atoms with Crippen molar-refractivity contribution in [3.8, 4) is 5.69 Å². The zero-order valence-corrected chi connectivity index (χ0v) is 17.1. The first-order valence-electron chi connectivity index (χ1n) is 10.3. The van der Waals surface area contributed by atoms with Gasteiger partial charge in [0.2, 0.25) is 0 Å². The molecule has 0 unspecified atom stereocenters. The van der Waals surface area contributed by atoms with Crippen LogP contribution in [0.25, 0.3) is 11.4 Å². The molecule has 3 aromatic carbocycles. The van der Waals surface area contributed by atoms with Crippen molar-refractivity contribution in [2.45, 2.75) is 12.8 Å². The van der Waals surface area contributed by atoms with Gasteiger partial charge in [0.05, 0.1) is 17.1 Å². The molecule has 1 N–H and O–H groups in total. The smallest absolute Gasteiger partial charge is 0.192 e. The van der Waals surface area contributed by atoms with Crippen molar-refractivity contribution in [3.63, 3.8) is 0 Å². The number of nitrogens with one attached hydrogen (secondary N) is 1. The zero-order chi connectivity index (χ0) is 22.0. The number of carbonyl (C=O) groups excluding carboxylic acids is 1. The molecule has 0 spiro atoms. The fraction of sp³-hybridized carbons (Fsp3) is 0.0769. The van der Waals surface area contributed by atoms with Gasteiger partial charge in [0.15, 0.2) is 5.78 Å². The molecular weight excluding hydrogens is 408 g/mol. The number of halogens is 2. The van der Waals surface area contributed by atoms with Gasteiger partial charge in [-0.3, -0.25) is 4.79 Å². The normalized spacial score (nSPS) is 16.5. The maximum absolute atomic E-state index is 15.1. The van der Waals surface area contributed by atoms with Crippen LogP contribution in [-0.4, -0.2) is 15.6 Å². The molecule has 32 heavy (non-hydrogen) atoms. The van der Waals surface area contributed by atoms with Crippen LogP contribution in [0, 0.1) is 18.6 Å². The standard InChI is InChI=1S/C26H17F2N3O/c1-14-21-22(19-8-4-5-9-20(19)28)23-24(17-6-2-3-7-18(17)25(23)32)29-26(21)31(30-14)16-12-10-15(27)11-13-16/h2-13,22,29H,1H3/t22-/m1/s1. The molecule has 6 heteroatoms. The molecule has 0 amide bonds. The number of aryl methyl sites for hydroxylation is 1. The van der Waals surface area contributed by atoms with Crippen molar-refractivity contribution in [1.29, 1.82) is 0 Å². The number of benzene rings is 3. The number of Topliss-reactive ketones (excluding diaryl/α,β-unsaturated/α-hetero) is 1. The molecule has 4 aromatic rings. The van der Waals surface area contributed by atoms with Crippen LogP contribution in [0.4, 0.5) is 14.6 Å². The summed E-state index contributed by atoms with van der Waals surface area (Å²) in [5.74, 6) is -0.808. The van der Waals surface area contributed by atoms with Gasteiger partial charge in [0, 0.05) is 33.7 Å². The number of hydrogen-bond donors (Lipinski definition) is 1. The van der Waals surface area contributed by atoms with E-state index < -0.39 is 5.92 Å². The third kappa shape index (κ3) is 2.52. The van der Waals surface area contributed by atoms with E-state index in [9.17, 15) is 9.18 Å². The molecule has 1 atom stereocenters. The van der Waals surface area contributed by atoms with E-state index in [0.717, 1.165) is 11.1 Å². The highest BCUT2D eigenvalue weighted by Crippen LogP contribution is 2.51. The lowest BCUT2D eigenvalue weighted by molar-refractivity contribution is 0.103. The van der Waals surface area contributed by atoms with Gasteiger partial charge in [-0.05, 0) is 37.3 Å². The van der Waals surface area contributed by atoms with Gasteiger partial charge < -0.3 is 5.32 Å². The van der Waals surface area contributed by atoms with E-state index in [1.54, 1.807) is 41.1 Å². The van der Waals surface area contributed by atoms with Crippen LogP contribution in [0.3, 0.4) is 0 Å². The maximum Gasteiger partial charge on any atom is 0.192 e. The maximum atomic E-state index is 15.1. The summed E-state index contributed by atoms with van der Waals surface area (Å²) in [6, 6.07) is 19.9. The topological polar surface area (TPSA) is 46.9 Å². The second kappa shape index (κ2) is 6.72. The molecular formula is C26H17F2N3O. The molecule has 0 radical (unpaired) electrons. The summed E-state index contributed by atoms with van der Waals surface area (Å²) in [5, 5.41) is 8.09. The third-order valence-corrected chi connectivity index (χ3v) is 6.17. The largest absolute Gasteiger partial charge is 0.339 e. The fourth-order valence-electron chi connectivity index (χ4n) is 4.77. The average molecular weight is 425 g/mol. The van der Waals surface area contributed by atoms with Crippen molar-refractivity contribution in [1.82, 2.24) is 9.78 Å². The number of fused-ring (bicyclic) bond motifs is 3. The Hall–Kier alpha value is -4.06. The number of allylic oxidation sites excluding steroid dienone is 1. The lowest BCUT2D eigenvalue weighted by atomic mass is 9.80. The van der Waals surface area contributed by atoms with Gasteiger partial charge in [-0.2, -0.15) is 5.10 Å².